The predicted molar refractivity (Wildman–Crippen MR) is 110 cm³/mol. The highest BCUT2D eigenvalue weighted by Gasteiger charge is 2.27. The summed E-state index contributed by atoms with van der Waals surface area (Å²) in [6.45, 7) is 3.54. The molecule has 1 amide bonds. The van der Waals surface area contributed by atoms with Crippen LogP contribution in [0.2, 0.25) is 0 Å². The van der Waals surface area contributed by atoms with Gasteiger partial charge in [0.1, 0.15) is 28.7 Å². The lowest BCUT2D eigenvalue weighted by atomic mass is 10.2. The Hall–Kier alpha value is -3.06. The number of anilines is 2. The first kappa shape index (κ1) is 18.3. The minimum atomic E-state index is -0.112. The van der Waals surface area contributed by atoms with Crippen LogP contribution in [-0.2, 0) is 6.54 Å². The molecule has 6 nitrogen and oxygen atoms in total. The van der Waals surface area contributed by atoms with Gasteiger partial charge in [-0.1, -0.05) is 47.7 Å². The summed E-state index contributed by atoms with van der Waals surface area (Å²) in [5.74, 6) is 1.37. The molecule has 7 heteroatoms. The van der Waals surface area contributed by atoms with Crippen LogP contribution in [0.3, 0.4) is 0 Å². The minimum absolute atomic E-state index is 0.112. The van der Waals surface area contributed by atoms with E-state index in [-0.39, 0.29) is 5.91 Å². The van der Waals surface area contributed by atoms with Gasteiger partial charge in [-0.15, -0.1) is 0 Å². The smallest absolute Gasteiger partial charge is 0.263 e. The Morgan fingerprint density at radius 1 is 1.25 bits per heavy atom. The fourth-order valence-electron chi connectivity index (χ4n) is 3.17. The number of fused-ring (bicyclic) bond motifs is 1. The van der Waals surface area contributed by atoms with E-state index in [0.29, 0.717) is 30.3 Å². The quantitative estimate of drug-likeness (QED) is 0.709. The van der Waals surface area contributed by atoms with Crippen molar-refractivity contribution in [1.82, 2.24) is 10.3 Å². The van der Waals surface area contributed by atoms with Gasteiger partial charge in [0.05, 0.1) is 19.3 Å². The largest absolute Gasteiger partial charge is 0.494 e. The van der Waals surface area contributed by atoms with Crippen LogP contribution >= 0.6 is 11.3 Å². The Morgan fingerprint density at radius 2 is 2.07 bits per heavy atom. The molecule has 0 saturated carbocycles. The fraction of sp³-hybridized carbons (Fsp3) is 0.238. The molecular weight excluding hydrogens is 374 g/mol. The number of amides is 1. The summed E-state index contributed by atoms with van der Waals surface area (Å²) in [5, 5.41) is 3.74. The topological polar surface area (TPSA) is 63.7 Å². The van der Waals surface area contributed by atoms with Crippen molar-refractivity contribution < 1.29 is 14.3 Å². The first-order valence-electron chi connectivity index (χ1n) is 9.04. The highest BCUT2D eigenvalue weighted by Crippen LogP contribution is 2.44. The second-order valence-electron chi connectivity index (χ2n) is 6.39. The molecule has 2 heterocycles. The molecule has 0 aliphatic carbocycles. The molecule has 28 heavy (non-hydrogen) atoms. The van der Waals surface area contributed by atoms with Crippen LogP contribution in [0.15, 0.2) is 48.5 Å². The molecule has 0 spiro atoms. The summed E-state index contributed by atoms with van der Waals surface area (Å²) in [5.41, 5.74) is 2.62. The summed E-state index contributed by atoms with van der Waals surface area (Å²) in [6.07, 6.45) is 0. The van der Waals surface area contributed by atoms with E-state index in [1.165, 1.54) is 11.3 Å². The number of hydrogen-bond donors (Lipinski definition) is 1. The maximum atomic E-state index is 12.7. The summed E-state index contributed by atoms with van der Waals surface area (Å²) >= 11 is 1.38. The third-order valence-corrected chi connectivity index (χ3v) is 5.72. The van der Waals surface area contributed by atoms with E-state index < -0.39 is 0 Å². The zero-order valence-corrected chi connectivity index (χ0v) is 16.6. The van der Waals surface area contributed by atoms with Gasteiger partial charge < -0.3 is 19.7 Å². The number of benzene rings is 2. The number of para-hydroxylation sites is 1. The Morgan fingerprint density at radius 3 is 2.86 bits per heavy atom. The lowest BCUT2D eigenvalue weighted by Gasteiger charge is -2.30. The van der Waals surface area contributed by atoms with Crippen molar-refractivity contribution in [2.45, 2.75) is 13.5 Å². The summed E-state index contributed by atoms with van der Waals surface area (Å²) in [7, 11) is 1.64. The van der Waals surface area contributed by atoms with Crippen molar-refractivity contribution >= 4 is 28.1 Å². The monoisotopic (exact) mass is 395 g/mol. The molecule has 0 saturated heterocycles. The third-order valence-electron chi connectivity index (χ3n) is 4.54. The van der Waals surface area contributed by atoms with Crippen molar-refractivity contribution in [2.75, 3.05) is 25.2 Å². The van der Waals surface area contributed by atoms with Crippen molar-refractivity contribution in [3.05, 3.63) is 64.7 Å². The van der Waals surface area contributed by atoms with E-state index in [1.807, 2.05) is 55.5 Å². The van der Waals surface area contributed by atoms with Crippen LogP contribution in [0.1, 0.15) is 20.9 Å². The summed E-state index contributed by atoms with van der Waals surface area (Å²) in [4.78, 5) is 20.0. The number of rotatable bonds is 5. The third kappa shape index (κ3) is 3.53. The molecule has 0 fully saturated rings. The van der Waals surface area contributed by atoms with E-state index >= 15 is 0 Å². The molecule has 0 atom stereocenters. The van der Waals surface area contributed by atoms with E-state index in [9.17, 15) is 4.79 Å². The van der Waals surface area contributed by atoms with E-state index in [2.05, 4.69) is 15.2 Å². The zero-order chi connectivity index (χ0) is 19.5. The van der Waals surface area contributed by atoms with Crippen LogP contribution < -0.4 is 19.7 Å². The number of hydrogen-bond acceptors (Lipinski definition) is 6. The maximum Gasteiger partial charge on any atom is 0.263 e. The minimum Gasteiger partial charge on any atom is -0.494 e. The first-order chi connectivity index (χ1) is 13.7. The molecule has 0 bridgehead atoms. The Labute approximate surface area is 167 Å². The molecule has 2 aromatic carbocycles. The van der Waals surface area contributed by atoms with Crippen molar-refractivity contribution in [1.29, 1.82) is 0 Å². The molecule has 4 rings (SSSR count). The second-order valence-corrected chi connectivity index (χ2v) is 7.36. The van der Waals surface area contributed by atoms with Gasteiger partial charge in [0, 0.05) is 6.54 Å². The Balaban J connectivity index is 1.58. The lowest BCUT2D eigenvalue weighted by molar-refractivity contribution is 0.0954. The number of methoxy groups -OCH3 is 1. The highest BCUT2D eigenvalue weighted by atomic mass is 32.1. The number of carbonyl (C=O) groups excluding carboxylic acids is 1. The average Bonchev–Trinajstić information content (AvgIpc) is 3.13. The van der Waals surface area contributed by atoms with Crippen molar-refractivity contribution in [3.63, 3.8) is 0 Å². The molecule has 1 aliphatic heterocycles. The predicted octanol–water partition coefficient (Wildman–Crippen LogP) is 3.92. The van der Waals surface area contributed by atoms with Crippen molar-refractivity contribution in [2.24, 2.45) is 0 Å². The fourth-order valence-corrected chi connectivity index (χ4v) is 4.18. The van der Waals surface area contributed by atoms with Gasteiger partial charge in [-0.2, -0.15) is 0 Å². The molecule has 1 aromatic heterocycles. The van der Waals surface area contributed by atoms with Gasteiger partial charge in [-0.3, -0.25) is 4.79 Å². The van der Waals surface area contributed by atoms with Crippen LogP contribution in [-0.4, -0.2) is 31.2 Å². The number of ether oxygens (including phenoxy) is 2. The number of nitrogens with zero attached hydrogens (tertiary/aromatic N) is 2. The number of carbonyl (C=O) groups is 1. The molecule has 0 radical (unpaired) electrons. The van der Waals surface area contributed by atoms with E-state index in [0.717, 1.165) is 27.9 Å². The Kier molecular flexibility index (Phi) is 5.16. The molecule has 1 N–H and O–H groups in total. The maximum absolute atomic E-state index is 12.7. The van der Waals surface area contributed by atoms with Gasteiger partial charge in [0.25, 0.3) is 5.91 Å². The normalized spacial score (nSPS) is 12.9. The van der Waals surface area contributed by atoms with Crippen LogP contribution in [0.25, 0.3) is 0 Å². The average molecular weight is 395 g/mol. The first-order valence-corrected chi connectivity index (χ1v) is 9.86. The summed E-state index contributed by atoms with van der Waals surface area (Å²) < 4.78 is 11.3. The zero-order valence-electron chi connectivity index (χ0n) is 15.8. The number of nitrogens with one attached hydrogen (secondary N) is 1. The van der Waals surface area contributed by atoms with Gasteiger partial charge in [0.2, 0.25) is 0 Å². The Bertz CT molecular complexity index is 974. The molecule has 1 aliphatic rings. The highest BCUT2D eigenvalue weighted by molar-refractivity contribution is 7.17. The van der Waals surface area contributed by atoms with Gasteiger partial charge in [0.15, 0.2) is 5.13 Å². The van der Waals surface area contributed by atoms with Gasteiger partial charge >= 0.3 is 0 Å². The van der Waals surface area contributed by atoms with Gasteiger partial charge in [-0.05, 0) is 24.6 Å². The number of aromatic nitrogens is 1. The number of thiazole rings is 1. The van der Waals surface area contributed by atoms with Gasteiger partial charge in [-0.25, -0.2) is 4.98 Å². The molecule has 3 aromatic rings. The second kappa shape index (κ2) is 7.90. The van der Waals surface area contributed by atoms with Crippen LogP contribution in [0.4, 0.5) is 10.8 Å². The lowest BCUT2D eigenvalue weighted by Crippen LogP contribution is -2.28. The SMILES string of the molecule is COc1cccc2c1N(c1nc(C)c(C(=O)NCc3ccccc3)s1)CCO2. The summed E-state index contributed by atoms with van der Waals surface area (Å²) in [6, 6.07) is 15.6. The molecule has 0 unspecified atom stereocenters. The standard InChI is InChI=1S/C21H21N3O3S/c1-14-19(20(25)22-13-15-7-4-3-5-8-15)28-21(23-14)24-11-12-27-17-10-6-9-16(26-2)18(17)24/h3-10H,11-13H2,1-2H3,(H,22,25). The van der Waals surface area contributed by atoms with E-state index in [1.54, 1.807) is 7.11 Å². The van der Waals surface area contributed by atoms with Crippen LogP contribution in [0.5, 0.6) is 11.5 Å². The molecular formula is C21H21N3O3S. The molecule has 144 valence electrons. The number of aryl methyl sites for hydroxylation is 1. The van der Waals surface area contributed by atoms with Crippen LogP contribution in [0, 0.1) is 6.92 Å². The van der Waals surface area contributed by atoms with Crippen molar-refractivity contribution in [3.8, 4) is 11.5 Å². The van der Waals surface area contributed by atoms with E-state index in [4.69, 9.17) is 9.47 Å².